The van der Waals surface area contributed by atoms with E-state index in [2.05, 4.69) is 34.1 Å². The van der Waals surface area contributed by atoms with Gasteiger partial charge in [-0.3, -0.25) is 4.98 Å². The van der Waals surface area contributed by atoms with E-state index >= 15 is 0 Å². The number of aromatic amines is 1. The predicted octanol–water partition coefficient (Wildman–Crippen LogP) is 6.27. The summed E-state index contributed by atoms with van der Waals surface area (Å²) < 4.78 is 13.4. The van der Waals surface area contributed by atoms with Gasteiger partial charge in [0.1, 0.15) is 17.2 Å². The topological polar surface area (TPSA) is 70.8 Å². The van der Waals surface area contributed by atoms with Crippen LogP contribution in [0, 0.1) is 5.82 Å². The summed E-state index contributed by atoms with van der Waals surface area (Å²) in [5, 5.41) is 0. The van der Waals surface area contributed by atoms with E-state index in [1.165, 1.54) is 12.1 Å². The van der Waals surface area contributed by atoms with Crippen molar-refractivity contribution in [2.45, 2.75) is 20.3 Å². The Bertz CT molecular complexity index is 1370. The lowest BCUT2D eigenvalue weighted by molar-refractivity contribution is 0.449. The largest absolute Gasteiger partial charge is 0.399 e. The van der Waals surface area contributed by atoms with Crippen LogP contribution in [0.25, 0.3) is 22.3 Å². The molecule has 2 aromatic heterocycles. The molecule has 2 heterocycles. The van der Waals surface area contributed by atoms with Gasteiger partial charge in [0, 0.05) is 30.4 Å². The number of halogens is 1. The van der Waals surface area contributed by atoms with E-state index in [4.69, 9.17) is 10.7 Å². The predicted molar refractivity (Wildman–Crippen MR) is 149 cm³/mol. The first-order chi connectivity index (χ1) is 17.2. The highest BCUT2D eigenvalue weighted by Crippen LogP contribution is 2.27. The number of H-pyrrole nitrogens is 1. The molecule has 3 aromatic rings. The highest BCUT2D eigenvalue weighted by molar-refractivity contribution is 5.89. The quantitative estimate of drug-likeness (QED) is 0.333. The molecule has 3 rings (SSSR count). The lowest BCUT2D eigenvalue weighted by Crippen LogP contribution is -2.14. The molecule has 0 bridgehead atoms. The Morgan fingerprint density at radius 3 is 2.44 bits per heavy atom. The molecule has 1 aromatic carbocycles. The minimum absolute atomic E-state index is 0.289. The first kappa shape index (κ1) is 26.6. The van der Waals surface area contributed by atoms with Crippen molar-refractivity contribution in [1.29, 1.82) is 0 Å². The Kier molecular flexibility index (Phi) is 8.92. The number of benzene rings is 1. The SMILES string of the molecule is C=C/C(=C\C(=C/C)C(=C)/C=C(Cc1nc2c(-c3ccc(F)cc3)nccc2[nH]1)\C(N)=C/C)CN(C)C. The third-order valence-corrected chi connectivity index (χ3v) is 5.74. The van der Waals surface area contributed by atoms with Gasteiger partial charge in [0.05, 0.1) is 11.2 Å². The van der Waals surface area contributed by atoms with Gasteiger partial charge >= 0.3 is 0 Å². The van der Waals surface area contributed by atoms with E-state index < -0.39 is 0 Å². The van der Waals surface area contributed by atoms with Crippen LogP contribution in [-0.2, 0) is 6.42 Å². The normalized spacial score (nSPS) is 13.5. The Morgan fingerprint density at radius 2 is 1.83 bits per heavy atom. The molecular weight excluding hydrogens is 449 g/mol. The van der Waals surface area contributed by atoms with Crippen LogP contribution in [0.2, 0.25) is 0 Å². The Labute approximate surface area is 213 Å². The smallest absolute Gasteiger partial charge is 0.123 e. The van der Waals surface area contributed by atoms with Crippen LogP contribution in [0.5, 0.6) is 0 Å². The van der Waals surface area contributed by atoms with E-state index in [-0.39, 0.29) is 5.82 Å². The number of rotatable bonds is 10. The van der Waals surface area contributed by atoms with Gasteiger partial charge in [-0.05, 0) is 86.6 Å². The van der Waals surface area contributed by atoms with Crippen LogP contribution in [0.1, 0.15) is 19.7 Å². The van der Waals surface area contributed by atoms with Crippen molar-refractivity contribution >= 4 is 11.0 Å². The van der Waals surface area contributed by atoms with E-state index in [0.29, 0.717) is 17.8 Å². The van der Waals surface area contributed by atoms with E-state index in [1.54, 1.807) is 18.3 Å². The van der Waals surface area contributed by atoms with Crippen LogP contribution in [0.3, 0.4) is 0 Å². The second-order valence-electron chi connectivity index (χ2n) is 8.77. The molecule has 0 spiro atoms. The minimum Gasteiger partial charge on any atom is -0.399 e. The fourth-order valence-corrected chi connectivity index (χ4v) is 3.88. The zero-order chi connectivity index (χ0) is 26.2. The molecule has 0 aliphatic carbocycles. The molecule has 5 nitrogen and oxygen atoms in total. The molecular formula is C30H34FN5. The fraction of sp³-hybridized carbons (Fsp3) is 0.200. The highest BCUT2D eigenvalue weighted by Gasteiger charge is 2.13. The highest BCUT2D eigenvalue weighted by atomic mass is 19.1. The molecule has 36 heavy (non-hydrogen) atoms. The number of pyridine rings is 1. The van der Waals surface area contributed by atoms with Crippen molar-refractivity contribution < 1.29 is 4.39 Å². The van der Waals surface area contributed by atoms with Crippen LogP contribution in [-0.4, -0.2) is 40.5 Å². The van der Waals surface area contributed by atoms with Crippen molar-refractivity contribution in [1.82, 2.24) is 19.9 Å². The van der Waals surface area contributed by atoms with Crippen LogP contribution < -0.4 is 5.73 Å². The van der Waals surface area contributed by atoms with Gasteiger partial charge in [-0.1, -0.05) is 37.5 Å². The van der Waals surface area contributed by atoms with Gasteiger partial charge < -0.3 is 15.6 Å². The summed E-state index contributed by atoms with van der Waals surface area (Å²) in [5.74, 6) is 0.463. The van der Waals surface area contributed by atoms with Gasteiger partial charge in [-0.25, -0.2) is 9.37 Å². The van der Waals surface area contributed by atoms with Crippen LogP contribution in [0.4, 0.5) is 4.39 Å². The van der Waals surface area contributed by atoms with Crippen LogP contribution in [0.15, 0.2) is 108 Å². The average Bonchev–Trinajstić information content (AvgIpc) is 3.28. The molecule has 0 radical (unpaired) electrons. The number of aromatic nitrogens is 3. The Hall–Kier alpha value is -4.03. The summed E-state index contributed by atoms with van der Waals surface area (Å²) in [6.45, 7) is 12.9. The molecule has 0 atom stereocenters. The van der Waals surface area contributed by atoms with E-state index in [0.717, 1.165) is 51.3 Å². The maximum absolute atomic E-state index is 13.4. The van der Waals surface area contributed by atoms with Crippen molar-refractivity contribution in [3.8, 4) is 11.3 Å². The zero-order valence-corrected chi connectivity index (χ0v) is 21.5. The van der Waals surface area contributed by atoms with Crippen molar-refractivity contribution in [2.75, 3.05) is 20.6 Å². The molecule has 0 fully saturated rings. The summed E-state index contributed by atoms with van der Waals surface area (Å²) in [6, 6.07) is 8.14. The summed E-state index contributed by atoms with van der Waals surface area (Å²) in [4.78, 5) is 14.8. The number of hydrogen-bond acceptors (Lipinski definition) is 4. The number of fused-ring (bicyclic) bond motifs is 1. The van der Waals surface area contributed by atoms with Gasteiger partial charge in [0.25, 0.3) is 0 Å². The van der Waals surface area contributed by atoms with Crippen LogP contribution >= 0.6 is 0 Å². The first-order valence-electron chi connectivity index (χ1n) is 11.8. The Balaban J connectivity index is 1.96. The summed E-state index contributed by atoms with van der Waals surface area (Å²) in [6.07, 6.45) is 12.1. The Morgan fingerprint density at radius 1 is 1.11 bits per heavy atom. The number of nitrogens with one attached hydrogen (secondary N) is 1. The number of nitrogens with zero attached hydrogens (tertiary/aromatic N) is 3. The lowest BCUT2D eigenvalue weighted by Gasteiger charge is -2.13. The molecule has 186 valence electrons. The first-order valence-corrected chi connectivity index (χ1v) is 11.8. The number of imidazole rings is 1. The third kappa shape index (κ3) is 6.55. The number of hydrogen-bond donors (Lipinski definition) is 2. The second kappa shape index (κ2) is 12.1. The summed E-state index contributed by atoms with van der Waals surface area (Å²) >= 11 is 0. The zero-order valence-electron chi connectivity index (χ0n) is 21.5. The molecule has 0 aliphatic heterocycles. The summed E-state index contributed by atoms with van der Waals surface area (Å²) in [5.41, 5.74) is 14.0. The van der Waals surface area contributed by atoms with Gasteiger partial charge in [0.2, 0.25) is 0 Å². The number of likely N-dealkylation sites (N-methyl/N-ethyl adjacent to an activating group) is 1. The molecule has 0 saturated carbocycles. The van der Waals surface area contributed by atoms with Crippen molar-refractivity contribution in [3.63, 3.8) is 0 Å². The number of nitrogens with two attached hydrogens (primary N) is 1. The number of allylic oxidation sites excluding steroid dienone is 7. The average molecular weight is 484 g/mol. The molecule has 0 saturated heterocycles. The molecule has 0 aliphatic rings. The minimum atomic E-state index is -0.289. The fourth-order valence-electron chi connectivity index (χ4n) is 3.88. The third-order valence-electron chi connectivity index (χ3n) is 5.74. The molecule has 6 heteroatoms. The standard InChI is InChI=1S/C30H34FN5/c1-7-21(19-36(5)6)17-22(8-2)20(4)16-24(26(32)9-3)18-28-34-27-14-15-33-29(30(27)35-28)23-10-12-25(31)13-11-23/h7-17H,1,4,18-19,32H2,2-3,5-6H3,(H,34,35)/b21-17+,22-8+,24-16-,26-9+. The lowest BCUT2D eigenvalue weighted by atomic mass is 9.98. The maximum Gasteiger partial charge on any atom is 0.123 e. The van der Waals surface area contributed by atoms with Gasteiger partial charge in [-0.15, -0.1) is 0 Å². The van der Waals surface area contributed by atoms with Gasteiger partial charge in [-0.2, -0.15) is 0 Å². The van der Waals surface area contributed by atoms with Crippen molar-refractivity contribution in [2.24, 2.45) is 5.73 Å². The van der Waals surface area contributed by atoms with E-state index in [1.807, 2.05) is 58.3 Å². The van der Waals surface area contributed by atoms with Crippen molar-refractivity contribution in [3.05, 3.63) is 120 Å². The van der Waals surface area contributed by atoms with Gasteiger partial charge in [0.15, 0.2) is 0 Å². The maximum atomic E-state index is 13.4. The second-order valence-corrected chi connectivity index (χ2v) is 8.77. The molecule has 3 N–H and O–H groups in total. The summed E-state index contributed by atoms with van der Waals surface area (Å²) in [7, 11) is 4.05. The molecule has 0 unspecified atom stereocenters. The van der Waals surface area contributed by atoms with E-state index in [9.17, 15) is 4.39 Å². The monoisotopic (exact) mass is 483 g/mol. The molecule has 0 amide bonds.